The number of carboxylic acid groups (broad SMARTS) is 1. The van der Waals surface area contributed by atoms with E-state index in [0.717, 1.165) is 5.56 Å². The SMILES string of the molecule is COc1ccc(S(=O)(=O)CC(Cc2ccccc2)C(=O)O)cc1. The summed E-state index contributed by atoms with van der Waals surface area (Å²) in [5, 5.41) is 9.34. The molecule has 122 valence electrons. The number of benzene rings is 2. The molecule has 6 heteroatoms. The minimum absolute atomic E-state index is 0.0950. The van der Waals surface area contributed by atoms with Crippen LogP contribution in [0.5, 0.6) is 5.75 Å². The standard InChI is InChI=1S/C17H18O5S/c1-22-15-7-9-16(10-8-15)23(20,21)12-14(17(18)19)11-13-5-3-2-4-6-13/h2-10,14H,11-12H2,1H3,(H,18,19). The topological polar surface area (TPSA) is 80.7 Å². The fourth-order valence-corrected chi connectivity index (χ4v) is 3.79. The molecule has 2 rings (SSSR count). The van der Waals surface area contributed by atoms with Gasteiger partial charge in [0.05, 0.1) is 23.7 Å². The van der Waals surface area contributed by atoms with E-state index in [9.17, 15) is 18.3 Å². The number of sulfone groups is 1. The van der Waals surface area contributed by atoms with Crippen molar-refractivity contribution < 1.29 is 23.1 Å². The quantitative estimate of drug-likeness (QED) is 0.841. The molecular formula is C17H18O5S. The predicted molar refractivity (Wildman–Crippen MR) is 86.3 cm³/mol. The second-order valence-corrected chi connectivity index (χ2v) is 7.22. The van der Waals surface area contributed by atoms with E-state index in [1.165, 1.54) is 19.2 Å². The Hall–Kier alpha value is -2.34. The number of hydrogen-bond acceptors (Lipinski definition) is 4. The first-order valence-electron chi connectivity index (χ1n) is 7.06. The molecule has 0 heterocycles. The highest BCUT2D eigenvalue weighted by molar-refractivity contribution is 7.91. The summed E-state index contributed by atoms with van der Waals surface area (Å²) in [6.07, 6.45) is 0.172. The van der Waals surface area contributed by atoms with Gasteiger partial charge in [0.25, 0.3) is 0 Å². The van der Waals surface area contributed by atoms with Gasteiger partial charge in [0.15, 0.2) is 9.84 Å². The highest BCUT2D eigenvalue weighted by Gasteiger charge is 2.26. The molecule has 0 aliphatic carbocycles. The van der Waals surface area contributed by atoms with Gasteiger partial charge in [-0.1, -0.05) is 30.3 Å². The fraction of sp³-hybridized carbons (Fsp3) is 0.235. The van der Waals surface area contributed by atoms with Gasteiger partial charge in [-0.2, -0.15) is 0 Å². The maximum Gasteiger partial charge on any atom is 0.307 e. The van der Waals surface area contributed by atoms with E-state index in [-0.39, 0.29) is 11.3 Å². The van der Waals surface area contributed by atoms with Crippen LogP contribution >= 0.6 is 0 Å². The lowest BCUT2D eigenvalue weighted by atomic mass is 10.0. The number of methoxy groups -OCH3 is 1. The molecule has 0 spiro atoms. The van der Waals surface area contributed by atoms with Crippen LogP contribution in [0, 0.1) is 5.92 Å². The first-order valence-corrected chi connectivity index (χ1v) is 8.71. The molecule has 0 radical (unpaired) electrons. The van der Waals surface area contributed by atoms with Crippen LogP contribution in [-0.2, 0) is 21.1 Å². The van der Waals surface area contributed by atoms with Crippen molar-refractivity contribution >= 4 is 15.8 Å². The zero-order chi connectivity index (χ0) is 16.9. The molecule has 0 amide bonds. The number of carbonyl (C=O) groups is 1. The lowest BCUT2D eigenvalue weighted by Crippen LogP contribution is -2.26. The highest BCUT2D eigenvalue weighted by atomic mass is 32.2. The van der Waals surface area contributed by atoms with Crippen molar-refractivity contribution in [2.75, 3.05) is 12.9 Å². The van der Waals surface area contributed by atoms with Crippen molar-refractivity contribution in [1.29, 1.82) is 0 Å². The molecule has 0 saturated carbocycles. The van der Waals surface area contributed by atoms with Crippen LogP contribution in [0.15, 0.2) is 59.5 Å². The summed E-state index contributed by atoms with van der Waals surface area (Å²) in [7, 11) is -2.20. The van der Waals surface area contributed by atoms with Gasteiger partial charge in [-0.25, -0.2) is 8.42 Å². The van der Waals surface area contributed by atoms with Gasteiger partial charge in [0, 0.05) is 0 Å². The normalized spacial score (nSPS) is 12.6. The lowest BCUT2D eigenvalue weighted by Gasteiger charge is -2.13. The van der Waals surface area contributed by atoms with Crippen molar-refractivity contribution in [3.8, 4) is 5.75 Å². The molecule has 2 aromatic carbocycles. The average Bonchev–Trinajstić information content (AvgIpc) is 2.55. The monoisotopic (exact) mass is 334 g/mol. The minimum Gasteiger partial charge on any atom is -0.497 e. The van der Waals surface area contributed by atoms with E-state index in [0.29, 0.717) is 5.75 Å². The molecule has 1 unspecified atom stereocenters. The summed E-state index contributed by atoms with van der Waals surface area (Å²) >= 11 is 0. The minimum atomic E-state index is -3.69. The number of ether oxygens (including phenoxy) is 1. The molecule has 0 aliphatic heterocycles. The van der Waals surface area contributed by atoms with E-state index < -0.39 is 27.5 Å². The maximum atomic E-state index is 12.4. The van der Waals surface area contributed by atoms with Crippen molar-refractivity contribution in [2.45, 2.75) is 11.3 Å². The Labute approximate surface area is 135 Å². The molecule has 1 N–H and O–H groups in total. The zero-order valence-electron chi connectivity index (χ0n) is 12.7. The summed E-state index contributed by atoms with van der Waals surface area (Å²) in [6, 6.07) is 14.9. The molecule has 5 nitrogen and oxygen atoms in total. The lowest BCUT2D eigenvalue weighted by molar-refractivity contribution is -0.140. The number of carboxylic acids is 1. The Bertz CT molecular complexity index is 751. The predicted octanol–water partition coefficient (Wildman–Crippen LogP) is 2.41. The third-order valence-electron chi connectivity index (χ3n) is 3.51. The summed E-state index contributed by atoms with van der Waals surface area (Å²) in [6.45, 7) is 0. The van der Waals surface area contributed by atoms with E-state index in [4.69, 9.17) is 4.74 Å². The van der Waals surface area contributed by atoms with Gasteiger partial charge in [-0.15, -0.1) is 0 Å². The van der Waals surface area contributed by atoms with Gasteiger partial charge in [-0.3, -0.25) is 4.79 Å². The number of hydrogen-bond donors (Lipinski definition) is 1. The first-order chi connectivity index (χ1) is 10.9. The molecule has 0 bridgehead atoms. The summed E-state index contributed by atoms with van der Waals surface area (Å²) in [5.41, 5.74) is 0.796. The Morgan fingerprint density at radius 1 is 1.09 bits per heavy atom. The smallest absolute Gasteiger partial charge is 0.307 e. The van der Waals surface area contributed by atoms with Gasteiger partial charge in [0.1, 0.15) is 5.75 Å². The van der Waals surface area contributed by atoms with E-state index in [1.54, 1.807) is 36.4 Å². The Kier molecular flexibility index (Phi) is 5.39. The Balaban J connectivity index is 2.19. The molecule has 23 heavy (non-hydrogen) atoms. The average molecular weight is 334 g/mol. The maximum absolute atomic E-state index is 12.4. The molecule has 0 aliphatic rings. The third kappa shape index (κ3) is 4.56. The second-order valence-electron chi connectivity index (χ2n) is 5.18. The summed E-state index contributed by atoms with van der Waals surface area (Å²) in [5.74, 6) is -2.01. The fourth-order valence-electron chi connectivity index (χ4n) is 2.26. The molecule has 0 aromatic heterocycles. The Morgan fingerprint density at radius 3 is 2.22 bits per heavy atom. The largest absolute Gasteiger partial charge is 0.497 e. The van der Waals surface area contributed by atoms with Crippen LogP contribution in [0.1, 0.15) is 5.56 Å². The van der Waals surface area contributed by atoms with Crippen molar-refractivity contribution in [3.05, 3.63) is 60.2 Å². The zero-order valence-corrected chi connectivity index (χ0v) is 13.5. The van der Waals surface area contributed by atoms with Gasteiger partial charge >= 0.3 is 5.97 Å². The van der Waals surface area contributed by atoms with E-state index >= 15 is 0 Å². The van der Waals surface area contributed by atoms with Crippen LogP contribution in [0.25, 0.3) is 0 Å². The van der Waals surface area contributed by atoms with Crippen molar-refractivity contribution in [1.82, 2.24) is 0 Å². The van der Waals surface area contributed by atoms with Crippen LogP contribution in [0.4, 0.5) is 0 Å². The van der Waals surface area contributed by atoms with Crippen LogP contribution < -0.4 is 4.74 Å². The number of aliphatic carboxylic acids is 1. The summed E-state index contributed by atoms with van der Waals surface area (Å²) < 4.78 is 29.9. The van der Waals surface area contributed by atoms with Gasteiger partial charge < -0.3 is 9.84 Å². The van der Waals surface area contributed by atoms with E-state index in [2.05, 4.69) is 0 Å². The number of rotatable bonds is 7. The van der Waals surface area contributed by atoms with Crippen molar-refractivity contribution in [2.24, 2.45) is 5.92 Å². The van der Waals surface area contributed by atoms with Gasteiger partial charge in [-0.05, 0) is 36.2 Å². The molecule has 0 fully saturated rings. The molecule has 1 atom stereocenters. The van der Waals surface area contributed by atoms with Crippen molar-refractivity contribution in [3.63, 3.8) is 0 Å². The van der Waals surface area contributed by atoms with Crippen LogP contribution in [0.3, 0.4) is 0 Å². The van der Waals surface area contributed by atoms with Gasteiger partial charge in [0.2, 0.25) is 0 Å². The summed E-state index contributed by atoms with van der Waals surface area (Å²) in [4.78, 5) is 11.5. The third-order valence-corrected chi connectivity index (χ3v) is 5.34. The molecule has 0 saturated heterocycles. The second kappa shape index (κ2) is 7.28. The van der Waals surface area contributed by atoms with Crippen LogP contribution in [-0.4, -0.2) is 32.4 Å². The Morgan fingerprint density at radius 2 is 1.70 bits per heavy atom. The van der Waals surface area contributed by atoms with E-state index in [1.807, 2.05) is 6.07 Å². The molecular weight excluding hydrogens is 316 g/mol. The van der Waals surface area contributed by atoms with Crippen LogP contribution in [0.2, 0.25) is 0 Å². The first kappa shape index (κ1) is 17.0. The molecule has 2 aromatic rings. The highest BCUT2D eigenvalue weighted by Crippen LogP contribution is 2.20.